The van der Waals surface area contributed by atoms with Crippen molar-refractivity contribution in [2.24, 2.45) is 0 Å². The third-order valence-electron chi connectivity index (χ3n) is 3.67. The summed E-state index contributed by atoms with van der Waals surface area (Å²) in [5, 5.41) is 0. The predicted octanol–water partition coefficient (Wildman–Crippen LogP) is 3.97. The molecule has 0 aliphatic carbocycles. The van der Waals surface area contributed by atoms with Crippen LogP contribution in [0.25, 0.3) is 0 Å². The Bertz CT molecular complexity index is 755. The number of benzene rings is 2. The molecular weight excluding hydrogens is 358 g/mol. The van der Waals surface area contributed by atoms with Crippen LogP contribution in [0, 0.1) is 0 Å². The largest absolute Gasteiger partial charge is 0.494 e. The van der Waals surface area contributed by atoms with Gasteiger partial charge in [-0.3, -0.25) is 9.59 Å². The van der Waals surface area contributed by atoms with Gasteiger partial charge >= 0.3 is 0 Å². The molecular formula is C18H16BrNO3. The second kappa shape index (κ2) is 6.54. The summed E-state index contributed by atoms with van der Waals surface area (Å²) in [6, 6.07) is 12.9. The van der Waals surface area contributed by atoms with E-state index in [1.165, 1.54) is 4.90 Å². The molecule has 0 spiro atoms. The van der Waals surface area contributed by atoms with Gasteiger partial charge in [0.15, 0.2) is 0 Å². The highest BCUT2D eigenvalue weighted by Gasteiger charge is 2.35. The molecule has 0 saturated heterocycles. The molecule has 118 valence electrons. The quantitative estimate of drug-likeness (QED) is 0.745. The van der Waals surface area contributed by atoms with E-state index < -0.39 is 11.7 Å². The van der Waals surface area contributed by atoms with Crippen LogP contribution in [0.5, 0.6) is 5.75 Å². The molecule has 3 rings (SSSR count). The Labute approximate surface area is 143 Å². The number of carbonyl (C=O) groups is 2. The Kier molecular flexibility index (Phi) is 4.48. The van der Waals surface area contributed by atoms with E-state index in [1.54, 1.807) is 12.1 Å². The molecule has 1 heterocycles. The number of carbonyl (C=O) groups excluding carboxylic acids is 2. The summed E-state index contributed by atoms with van der Waals surface area (Å²) in [5.41, 5.74) is 2.06. The van der Waals surface area contributed by atoms with Crippen LogP contribution < -0.4 is 9.64 Å². The number of amides is 1. The smallest absolute Gasteiger partial charge is 0.299 e. The van der Waals surface area contributed by atoms with Crippen molar-refractivity contribution >= 4 is 33.3 Å². The lowest BCUT2D eigenvalue weighted by Gasteiger charge is -2.17. The van der Waals surface area contributed by atoms with E-state index >= 15 is 0 Å². The minimum Gasteiger partial charge on any atom is -0.494 e. The summed E-state index contributed by atoms with van der Waals surface area (Å²) in [5.74, 6) is -0.127. The first kappa shape index (κ1) is 15.7. The van der Waals surface area contributed by atoms with Crippen LogP contribution in [0.4, 0.5) is 5.69 Å². The molecule has 1 amide bonds. The van der Waals surface area contributed by atoms with Gasteiger partial charge in [-0.25, -0.2) is 0 Å². The number of hydrogen-bond donors (Lipinski definition) is 0. The number of Topliss-reactive ketones (excluding diaryl/α,β-unsaturated/α-hetero) is 1. The Morgan fingerprint density at radius 2 is 1.83 bits per heavy atom. The highest BCUT2D eigenvalue weighted by molar-refractivity contribution is 9.10. The van der Waals surface area contributed by atoms with Crippen molar-refractivity contribution < 1.29 is 14.3 Å². The second-order valence-corrected chi connectivity index (χ2v) is 6.29. The molecule has 0 fully saturated rings. The summed E-state index contributed by atoms with van der Waals surface area (Å²) >= 11 is 3.33. The van der Waals surface area contributed by atoms with Gasteiger partial charge in [0, 0.05) is 4.47 Å². The van der Waals surface area contributed by atoms with Crippen LogP contribution in [0.3, 0.4) is 0 Å². The molecule has 5 heteroatoms. The van der Waals surface area contributed by atoms with Crippen LogP contribution >= 0.6 is 15.9 Å². The number of nitrogens with zero attached hydrogens (tertiary/aromatic N) is 1. The van der Waals surface area contributed by atoms with Crippen molar-refractivity contribution in [3.8, 4) is 5.75 Å². The Morgan fingerprint density at radius 1 is 1.09 bits per heavy atom. The average molecular weight is 374 g/mol. The number of fused-ring (bicyclic) bond motifs is 1. The fourth-order valence-electron chi connectivity index (χ4n) is 2.52. The number of hydrogen-bond acceptors (Lipinski definition) is 3. The highest BCUT2D eigenvalue weighted by atomic mass is 79.9. The summed E-state index contributed by atoms with van der Waals surface area (Å²) in [7, 11) is 0. The normalized spacial score (nSPS) is 13.4. The Morgan fingerprint density at radius 3 is 2.52 bits per heavy atom. The van der Waals surface area contributed by atoms with Crippen molar-refractivity contribution in [2.45, 2.75) is 19.9 Å². The topological polar surface area (TPSA) is 46.6 Å². The van der Waals surface area contributed by atoms with Gasteiger partial charge in [-0.05, 0) is 42.3 Å². The molecule has 0 N–H and O–H groups in total. The van der Waals surface area contributed by atoms with Crippen LogP contribution in [-0.4, -0.2) is 18.3 Å². The van der Waals surface area contributed by atoms with Gasteiger partial charge < -0.3 is 9.64 Å². The molecule has 0 radical (unpaired) electrons. The fourth-order valence-corrected chi connectivity index (χ4v) is 2.88. The highest BCUT2D eigenvalue weighted by Crippen LogP contribution is 2.32. The van der Waals surface area contributed by atoms with Gasteiger partial charge in [-0.15, -0.1) is 0 Å². The van der Waals surface area contributed by atoms with Crippen LogP contribution in [0.1, 0.15) is 29.3 Å². The van der Waals surface area contributed by atoms with E-state index in [0.29, 0.717) is 24.4 Å². The van der Waals surface area contributed by atoms with E-state index in [9.17, 15) is 9.59 Å². The predicted molar refractivity (Wildman–Crippen MR) is 91.9 cm³/mol. The summed E-state index contributed by atoms with van der Waals surface area (Å²) in [4.78, 5) is 25.8. The van der Waals surface area contributed by atoms with Crippen molar-refractivity contribution in [3.05, 3.63) is 58.1 Å². The van der Waals surface area contributed by atoms with E-state index in [1.807, 2.05) is 30.3 Å². The van der Waals surface area contributed by atoms with Gasteiger partial charge in [-0.1, -0.05) is 35.0 Å². The minimum atomic E-state index is -0.482. The lowest BCUT2D eigenvalue weighted by atomic mass is 10.1. The van der Waals surface area contributed by atoms with Crippen LogP contribution in [0.15, 0.2) is 46.9 Å². The van der Waals surface area contributed by atoms with E-state index in [0.717, 1.165) is 22.2 Å². The number of halogens is 1. The SMILES string of the molecule is CCCOc1ccc(CN2C(=O)C(=O)c3cc(Br)ccc32)cc1. The van der Waals surface area contributed by atoms with Gasteiger partial charge in [-0.2, -0.15) is 0 Å². The van der Waals surface area contributed by atoms with E-state index in [2.05, 4.69) is 22.9 Å². The molecule has 0 unspecified atom stereocenters. The third kappa shape index (κ3) is 3.15. The minimum absolute atomic E-state index is 0.368. The maximum atomic E-state index is 12.2. The van der Waals surface area contributed by atoms with Gasteiger partial charge in [0.2, 0.25) is 0 Å². The Hall–Kier alpha value is -2.14. The standard InChI is InChI=1S/C18H16BrNO3/c1-2-9-23-14-6-3-12(4-7-14)11-20-16-8-5-13(19)10-15(16)17(21)18(20)22/h3-8,10H,2,9,11H2,1H3. The summed E-state index contributed by atoms with van der Waals surface area (Å²) in [6.45, 7) is 3.11. The lowest BCUT2D eigenvalue weighted by Crippen LogP contribution is -2.29. The maximum absolute atomic E-state index is 12.2. The zero-order chi connectivity index (χ0) is 16.4. The zero-order valence-electron chi connectivity index (χ0n) is 12.7. The maximum Gasteiger partial charge on any atom is 0.299 e. The number of ketones is 1. The van der Waals surface area contributed by atoms with Gasteiger partial charge in [0.05, 0.1) is 24.4 Å². The number of ether oxygens (including phenoxy) is 1. The average Bonchev–Trinajstić information content (AvgIpc) is 2.79. The van der Waals surface area contributed by atoms with Gasteiger partial charge in [0.1, 0.15) is 5.75 Å². The number of anilines is 1. The van der Waals surface area contributed by atoms with Crippen molar-refractivity contribution in [1.29, 1.82) is 0 Å². The molecule has 4 nitrogen and oxygen atoms in total. The zero-order valence-corrected chi connectivity index (χ0v) is 14.3. The van der Waals surface area contributed by atoms with Crippen molar-refractivity contribution in [2.75, 3.05) is 11.5 Å². The second-order valence-electron chi connectivity index (χ2n) is 5.37. The monoisotopic (exact) mass is 373 g/mol. The molecule has 0 atom stereocenters. The lowest BCUT2D eigenvalue weighted by molar-refractivity contribution is -0.114. The summed E-state index contributed by atoms with van der Waals surface area (Å²) in [6.07, 6.45) is 0.957. The molecule has 2 aromatic carbocycles. The molecule has 23 heavy (non-hydrogen) atoms. The van der Waals surface area contributed by atoms with Crippen LogP contribution in [0.2, 0.25) is 0 Å². The first-order chi connectivity index (χ1) is 11.1. The number of rotatable bonds is 5. The molecule has 1 aliphatic heterocycles. The van der Waals surface area contributed by atoms with E-state index in [-0.39, 0.29) is 0 Å². The molecule has 0 saturated carbocycles. The Balaban J connectivity index is 1.81. The van der Waals surface area contributed by atoms with Crippen LogP contribution in [-0.2, 0) is 11.3 Å². The summed E-state index contributed by atoms with van der Waals surface area (Å²) < 4.78 is 6.34. The first-order valence-corrected chi connectivity index (χ1v) is 8.27. The molecule has 0 bridgehead atoms. The molecule has 1 aliphatic rings. The fraction of sp³-hybridized carbons (Fsp3) is 0.222. The van der Waals surface area contributed by atoms with Gasteiger partial charge in [0.25, 0.3) is 11.7 Å². The van der Waals surface area contributed by atoms with E-state index in [4.69, 9.17) is 4.74 Å². The molecule has 0 aromatic heterocycles. The first-order valence-electron chi connectivity index (χ1n) is 7.47. The third-order valence-corrected chi connectivity index (χ3v) is 4.16. The van der Waals surface area contributed by atoms with Crippen molar-refractivity contribution in [1.82, 2.24) is 0 Å². The van der Waals surface area contributed by atoms with Crippen molar-refractivity contribution in [3.63, 3.8) is 0 Å². The molecule has 2 aromatic rings.